The van der Waals surface area contributed by atoms with Gasteiger partial charge in [0.2, 0.25) is 65.5 Å². The Labute approximate surface area is 568 Å². The number of phenols is 1. The first-order chi connectivity index (χ1) is 45.0. The van der Waals surface area contributed by atoms with Crippen LogP contribution in [0.25, 0.3) is 10.9 Å². The first-order valence-corrected chi connectivity index (χ1v) is 36.2. The van der Waals surface area contributed by atoms with Crippen molar-refractivity contribution < 1.29 is 57.8 Å². The third kappa shape index (κ3) is 26.7. The van der Waals surface area contributed by atoms with Crippen molar-refractivity contribution in [1.29, 1.82) is 0 Å². The highest BCUT2D eigenvalue weighted by Crippen LogP contribution is 2.21. The average molecular weight is 1380 g/mol. The summed E-state index contributed by atoms with van der Waals surface area (Å²) in [6.07, 6.45) is 8.81. The SMILES string of the molecule is CSCC[C@H](NC(=O)[C@@H](NC(=O)[C@H](CCSC)NC(=O)[C@H](Cc1ccc(O)cc1)NC(=O)[C@H](CCCCN)NC(=O)[C@H](Cc1c[nH]c2ccccc12)NC(=O)[C@H](CS)NC(=O)[C@H](Cc1ccccc1)NC(=O)[C@H](CC(C)C)NC(=O)[C@H](CCSC)NC=O)C(C)C)C(N)=O. The molecule has 3 aromatic carbocycles. The molecule has 94 heavy (non-hydrogen) atoms. The zero-order valence-electron chi connectivity index (χ0n) is 54.5. The van der Waals surface area contributed by atoms with Crippen LogP contribution < -0.4 is 64.6 Å². The quantitative estimate of drug-likeness (QED) is 0.0171. The predicted octanol–water partition coefficient (Wildman–Crippen LogP) is 1.88. The van der Waals surface area contributed by atoms with E-state index in [1.54, 1.807) is 68.6 Å². The van der Waals surface area contributed by atoms with E-state index >= 15 is 4.79 Å². The van der Waals surface area contributed by atoms with Crippen LogP contribution in [0.5, 0.6) is 5.75 Å². The third-order valence-corrected chi connectivity index (χ3v) is 17.6. The maximum Gasteiger partial charge on any atom is 0.244 e. The van der Waals surface area contributed by atoms with Crippen LogP contribution in [0.3, 0.4) is 0 Å². The number of benzene rings is 3. The highest BCUT2D eigenvalue weighted by atomic mass is 32.2. The molecule has 0 saturated heterocycles. The van der Waals surface area contributed by atoms with Crippen molar-refractivity contribution in [3.63, 3.8) is 0 Å². The summed E-state index contributed by atoms with van der Waals surface area (Å²) >= 11 is 8.80. The number of hydrogen-bond donors (Lipinski definition) is 15. The molecule has 11 amide bonds. The van der Waals surface area contributed by atoms with Crippen molar-refractivity contribution in [2.75, 3.05) is 48.3 Å². The Morgan fingerprint density at radius 1 is 0.511 bits per heavy atom. The number of aromatic nitrogens is 1. The number of aromatic amines is 1. The number of carbonyl (C=O) groups excluding carboxylic acids is 11. The van der Waals surface area contributed by atoms with E-state index in [0.717, 1.165) is 10.9 Å². The molecule has 0 unspecified atom stereocenters. The van der Waals surface area contributed by atoms with Crippen molar-refractivity contribution in [3.8, 4) is 5.75 Å². The number of H-pyrrole nitrogens is 1. The number of hydrogen-bond acceptors (Lipinski definition) is 17. The Bertz CT molecular complexity index is 3110. The first-order valence-electron chi connectivity index (χ1n) is 31.3. The van der Waals surface area contributed by atoms with Gasteiger partial charge >= 0.3 is 0 Å². The van der Waals surface area contributed by atoms with Crippen LogP contribution in [0.1, 0.15) is 89.3 Å². The van der Waals surface area contributed by atoms with Gasteiger partial charge in [-0.2, -0.15) is 47.9 Å². The second-order valence-electron chi connectivity index (χ2n) is 23.5. The Hall–Kier alpha value is -7.47. The molecule has 0 aliphatic heterocycles. The summed E-state index contributed by atoms with van der Waals surface area (Å²) in [6, 6.07) is 9.56. The minimum absolute atomic E-state index is 0.00115. The molecule has 0 radical (unpaired) electrons. The molecular weight excluding hydrogens is 1280 g/mol. The number of aromatic hydroxyl groups is 1. The molecule has 25 nitrogen and oxygen atoms in total. The molecule has 0 aliphatic carbocycles. The molecule has 0 fully saturated rings. The van der Waals surface area contributed by atoms with Crippen molar-refractivity contribution in [2.24, 2.45) is 23.3 Å². The van der Waals surface area contributed by atoms with Gasteiger partial charge in [0.1, 0.15) is 66.2 Å². The summed E-state index contributed by atoms with van der Waals surface area (Å²) in [4.78, 5) is 157. The number of phenolic OH excluding ortho intramolecular Hbond substituents is 1. The number of primary amides is 1. The highest BCUT2D eigenvalue weighted by Gasteiger charge is 2.37. The number of nitrogens with one attached hydrogen (secondary N) is 11. The van der Waals surface area contributed by atoms with Crippen LogP contribution >= 0.6 is 47.9 Å². The van der Waals surface area contributed by atoms with Crippen LogP contribution in [-0.4, -0.2) is 184 Å². The van der Waals surface area contributed by atoms with Gasteiger partial charge in [-0.15, -0.1) is 0 Å². The molecule has 16 N–H and O–H groups in total. The summed E-state index contributed by atoms with van der Waals surface area (Å²) < 4.78 is 0. The zero-order chi connectivity index (χ0) is 69.3. The van der Waals surface area contributed by atoms with Gasteiger partial charge in [-0.3, -0.25) is 52.7 Å². The minimum Gasteiger partial charge on any atom is -0.508 e. The molecule has 4 aromatic rings. The number of thioether (sulfide) groups is 3. The summed E-state index contributed by atoms with van der Waals surface area (Å²) in [5, 5.41) is 38.3. The number of para-hydroxylation sites is 1. The molecule has 516 valence electrons. The van der Waals surface area contributed by atoms with Crippen LogP contribution in [0.4, 0.5) is 0 Å². The molecule has 1 aromatic heterocycles. The van der Waals surface area contributed by atoms with E-state index in [-0.39, 0.29) is 68.9 Å². The van der Waals surface area contributed by atoms with Crippen molar-refractivity contribution in [3.05, 3.63) is 102 Å². The van der Waals surface area contributed by atoms with Gasteiger partial charge in [0.05, 0.1) is 0 Å². The fourth-order valence-corrected chi connectivity index (χ4v) is 11.8. The zero-order valence-corrected chi connectivity index (χ0v) is 57.8. The van der Waals surface area contributed by atoms with Gasteiger partial charge in [-0.05, 0) is 134 Å². The number of fused-ring (bicyclic) bond motifs is 1. The van der Waals surface area contributed by atoms with Gasteiger partial charge in [0, 0.05) is 42.1 Å². The predicted molar refractivity (Wildman–Crippen MR) is 374 cm³/mol. The molecule has 0 saturated carbocycles. The Kier molecular flexibility index (Phi) is 35.3. The van der Waals surface area contributed by atoms with Crippen molar-refractivity contribution in [2.45, 2.75) is 152 Å². The summed E-state index contributed by atoms with van der Waals surface area (Å²) in [7, 11) is 0. The van der Waals surface area contributed by atoms with E-state index in [4.69, 9.17) is 11.5 Å². The normalized spacial score (nSPS) is 14.5. The van der Waals surface area contributed by atoms with Crippen molar-refractivity contribution in [1.82, 2.24) is 58.2 Å². The number of rotatable bonds is 44. The Morgan fingerprint density at radius 2 is 0.947 bits per heavy atom. The fourth-order valence-electron chi connectivity index (χ4n) is 10.1. The standard InChI is InChI=1S/C65H95N13O12S4/c1-38(2)31-50(73-57(82)47(69-37-79)25-29-93-6)60(85)75-51(32-40-15-9-8-10-16-40)62(87)77-54(36-91)64(89)76-53(34-42-35-68-45-18-12-11-17-44(42)45)63(88)71-48(19-13-14-27-66)58(83)74-52(33-41-20-22-43(80)23-21-41)61(86)72-49(26-30-94-7)59(84)78-55(39(3)4)65(90)70-46(56(67)81)24-28-92-5/h8-12,15-18,20-23,35,37-39,46-55,68,80,91H,13-14,19,24-34,36,66H2,1-7H3,(H2,67,81)(H,69,79)(H,70,90)(H,71,88)(H,72,86)(H,73,82)(H,74,83)(H,75,85)(H,76,89)(H,77,87)(H,78,84)/t46-,47-,48-,49-,50-,51-,52-,53-,54-,55-/m0/s1. The van der Waals surface area contributed by atoms with E-state index in [0.29, 0.717) is 59.6 Å². The summed E-state index contributed by atoms with van der Waals surface area (Å²) in [5.74, 6) is -6.96. The molecule has 4 rings (SSSR count). The van der Waals surface area contributed by atoms with E-state index in [1.165, 1.54) is 47.4 Å². The lowest BCUT2D eigenvalue weighted by molar-refractivity contribution is -0.136. The summed E-state index contributed by atoms with van der Waals surface area (Å²) in [5.41, 5.74) is 14.0. The molecule has 0 spiro atoms. The monoisotopic (exact) mass is 1380 g/mol. The number of carbonyl (C=O) groups is 11. The van der Waals surface area contributed by atoms with Gasteiger partial charge < -0.3 is 74.7 Å². The smallest absolute Gasteiger partial charge is 0.244 e. The number of thiol groups is 1. The number of nitrogens with two attached hydrogens (primary N) is 2. The molecule has 0 aliphatic rings. The number of unbranched alkanes of at least 4 members (excludes halogenated alkanes) is 1. The lowest BCUT2D eigenvalue weighted by atomic mass is 10.00. The van der Waals surface area contributed by atoms with Crippen LogP contribution in [0.2, 0.25) is 0 Å². The third-order valence-electron chi connectivity index (χ3n) is 15.3. The highest BCUT2D eigenvalue weighted by molar-refractivity contribution is 7.99. The average Bonchev–Trinajstić information content (AvgIpc) is 1.63. The van der Waals surface area contributed by atoms with Crippen LogP contribution in [0, 0.1) is 11.8 Å². The molecule has 29 heteroatoms. The second-order valence-corrected chi connectivity index (χ2v) is 26.8. The Morgan fingerprint density at radius 3 is 1.48 bits per heavy atom. The van der Waals surface area contributed by atoms with Crippen LogP contribution in [-0.2, 0) is 72.0 Å². The largest absolute Gasteiger partial charge is 0.508 e. The second kappa shape index (κ2) is 42.1. The van der Waals surface area contributed by atoms with Gasteiger partial charge in [-0.25, -0.2) is 0 Å². The van der Waals surface area contributed by atoms with E-state index < -0.39 is 125 Å². The molecule has 10 atom stereocenters. The molecule has 0 bridgehead atoms. The maximum absolute atomic E-state index is 15.0. The lowest BCUT2D eigenvalue weighted by Crippen LogP contribution is -2.61. The molecular formula is C65H95N13O12S4. The number of amides is 11. The fraction of sp³-hybridized carbons (Fsp3) is 0.523. The van der Waals surface area contributed by atoms with Gasteiger partial charge in [0.15, 0.2) is 0 Å². The van der Waals surface area contributed by atoms with E-state index in [2.05, 4.69) is 70.8 Å². The topological polar surface area (TPSA) is 396 Å². The van der Waals surface area contributed by atoms with Crippen LogP contribution in [0.15, 0.2) is 85.1 Å². The minimum atomic E-state index is -1.44. The van der Waals surface area contributed by atoms with E-state index in [1.807, 2.05) is 50.8 Å². The first kappa shape index (κ1) is 79.0. The van der Waals surface area contributed by atoms with Gasteiger partial charge in [-0.1, -0.05) is 88.4 Å². The Balaban J connectivity index is 1.68. The summed E-state index contributed by atoms with van der Waals surface area (Å²) in [6.45, 7) is 7.36. The van der Waals surface area contributed by atoms with Crippen molar-refractivity contribution >= 4 is 124 Å². The maximum atomic E-state index is 15.0. The van der Waals surface area contributed by atoms with E-state index in [9.17, 15) is 53.1 Å². The molecule has 1 heterocycles. The lowest BCUT2D eigenvalue weighted by Gasteiger charge is -2.29. The van der Waals surface area contributed by atoms with Gasteiger partial charge in [0.25, 0.3) is 0 Å².